The van der Waals surface area contributed by atoms with E-state index in [1.807, 2.05) is 30.3 Å². The molecule has 1 unspecified atom stereocenters. The highest BCUT2D eigenvalue weighted by Crippen LogP contribution is 2.04. The standard InChI is InChI=1S/C12H19N3O/c1-2-6-11(9-13)15-12(16)14-10-7-4-3-5-8-10/h3-5,7-8,11H,2,6,9,13H2,1H3,(H2,14,15,16). The average Bonchev–Trinajstić information content (AvgIpc) is 2.29. The predicted octanol–water partition coefficient (Wildman–Crippen LogP) is 1.94. The van der Waals surface area contributed by atoms with Gasteiger partial charge in [0.05, 0.1) is 0 Å². The SMILES string of the molecule is CCCC(CN)NC(=O)Nc1ccccc1. The van der Waals surface area contributed by atoms with Crippen LogP contribution in [0.15, 0.2) is 30.3 Å². The maximum atomic E-state index is 11.6. The molecule has 0 saturated heterocycles. The normalized spacial score (nSPS) is 11.9. The van der Waals surface area contributed by atoms with Gasteiger partial charge >= 0.3 is 6.03 Å². The molecule has 0 spiro atoms. The van der Waals surface area contributed by atoms with E-state index in [1.54, 1.807) is 0 Å². The minimum absolute atomic E-state index is 0.0497. The maximum Gasteiger partial charge on any atom is 0.319 e. The van der Waals surface area contributed by atoms with Crippen LogP contribution in [0.3, 0.4) is 0 Å². The summed E-state index contributed by atoms with van der Waals surface area (Å²) in [5.74, 6) is 0. The van der Waals surface area contributed by atoms with Crippen LogP contribution in [0.4, 0.5) is 10.5 Å². The molecule has 0 aliphatic heterocycles. The van der Waals surface area contributed by atoms with E-state index in [-0.39, 0.29) is 12.1 Å². The number of carbonyl (C=O) groups excluding carboxylic acids is 1. The van der Waals surface area contributed by atoms with Gasteiger partial charge in [0.25, 0.3) is 0 Å². The first-order valence-corrected chi connectivity index (χ1v) is 5.59. The molecule has 0 saturated carbocycles. The molecule has 0 aliphatic rings. The fourth-order valence-corrected chi connectivity index (χ4v) is 1.47. The molecule has 0 bridgehead atoms. The summed E-state index contributed by atoms with van der Waals surface area (Å²) < 4.78 is 0. The molecular weight excluding hydrogens is 202 g/mol. The number of para-hydroxylation sites is 1. The quantitative estimate of drug-likeness (QED) is 0.711. The Balaban J connectivity index is 2.41. The van der Waals surface area contributed by atoms with Crippen molar-refractivity contribution in [1.82, 2.24) is 5.32 Å². The smallest absolute Gasteiger partial charge is 0.319 e. The van der Waals surface area contributed by atoms with Crippen LogP contribution in [0.5, 0.6) is 0 Å². The summed E-state index contributed by atoms with van der Waals surface area (Å²) in [7, 11) is 0. The van der Waals surface area contributed by atoms with Gasteiger partial charge in [0.1, 0.15) is 0 Å². The van der Waals surface area contributed by atoms with Crippen molar-refractivity contribution in [2.24, 2.45) is 5.73 Å². The largest absolute Gasteiger partial charge is 0.334 e. The lowest BCUT2D eigenvalue weighted by atomic mass is 10.2. The molecule has 1 atom stereocenters. The maximum absolute atomic E-state index is 11.6. The number of amides is 2. The van der Waals surface area contributed by atoms with E-state index in [0.717, 1.165) is 18.5 Å². The highest BCUT2D eigenvalue weighted by molar-refractivity contribution is 5.89. The Kier molecular flexibility index (Phi) is 5.36. The predicted molar refractivity (Wildman–Crippen MR) is 66.3 cm³/mol. The van der Waals surface area contributed by atoms with E-state index in [2.05, 4.69) is 17.6 Å². The van der Waals surface area contributed by atoms with E-state index in [4.69, 9.17) is 5.73 Å². The molecule has 1 aromatic carbocycles. The van der Waals surface area contributed by atoms with Gasteiger partial charge in [0, 0.05) is 18.3 Å². The van der Waals surface area contributed by atoms with Gasteiger partial charge in [-0.2, -0.15) is 0 Å². The van der Waals surface area contributed by atoms with Gasteiger partial charge in [-0.15, -0.1) is 0 Å². The zero-order valence-electron chi connectivity index (χ0n) is 9.57. The summed E-state index contributed by atoms with van der Waals surface area (Å²) in [6.07, 6.45) is 1.91. The fourth-order valence-electron chi connectivity index (χ4n) is 1.47. The Labute approximate surface area is 96.2 Å². The van der Waals surface area contributed by atoms with E-state index >= 15 is 0 Å². The van der Waals surface area contributed by atoms with E-state index in [1.165, 1.54) is 0 Å². The molecule has 0 aliphatic carbocycles. The number of anilines is 1. The van der Waals surface area contributed by atoms with Gasteiger partial charge < -0.3 is 16.4 Å². The molecule has 0 radical (unpaired) electrons. The van der Waals surface area contributed by atoms with Crippen LogP contribution < -0.4 is 16.4 Å². The fraction of sp³-hybridized carbons (Fsp3) is 0.417. The third-order valence-corrected chi connectivity index (χ3v) is 2.29. The molecule has 1 rings (SSSR count). The first-order chi connectivity index (χ1) is 7.76. The topological polar surface area (TPSA) is 67.1 Å². The Hall–Kier alpha value is -1.55. The van der Waals surface area contributed by atoms with Gasteiger partial charge in [-0.3, -0.25) is 0 Å². The van der Waals surface area contributed by atoms with Gasteiger partial charge in [-0.1, -0.05) is 31.5 Å². The van der Waals surface area contributed by atoms with E-state index < -0.39 is 0 Å². The van der Waals surface area contributed by atoms with Gasteiger partial charge in [0.2, 0.25) is 0 Å². The molecule has 88 valence electrons. The van der Waals surface area contributed by atoms with Crippen LogP contribution in [0.1, 0.15) is 19.8 Å². The molecule has 4 N–H and O–H groups in total. The molecule has 4 nitrogen and oxygen atoms in total. The van der Waals surface area contributed by atoms with Gasteiger partial charge in [0.15, 0.2) is 0 Å². The van der Waals surface area contributed by atoms with Crippen LogP contribution in [0.25, 0.3) is 0 Å². The van der Waals surface area contributed by atoms with Crippen molar-refractivity contribution in [3.05, 3.63) is 30.3 Å². The third-order valence-electron chi connectivity index (χ3n) is 2.29. The zero-order valence-corrected chi connectivity index (χ0v) is 9.57. The summed E-state index contributed by atoms with van der Waals surface area (Å²) in [6.45, 7) is 2.54. The summed E-state index contributed by atoms with van der Waals surface area (Å²) in [6, 6.07) is 9.20. The van der Waals surface area contributed by atoms with Crippen molar-refractivity contribution in [1.29, 1.82) is 0 Å². The average molecular weight is 221 g/mol. The number of carbonyl (C=O) groups is 1. The number of nitrogens with two attached hydrogens (primary N) is 1. The minimum atomic E-state index is -0.199. The molecule has 1 aromatic rings. The zero-order chi connectivity index (χ0) is 11.8. The Morgan fingerprint density at radius 2 is 2.06 bits per heavy atom. The lowest BCUT2D eigenvalue weighted by Gasteiger charge is -2.16. The number of benzene rings is 1. The van der Waals surface area contributed by atoms with E-state index in [9.17, 15) is 4.79 Å². The second-order valence-electron chi connectivity index (χ2n) is 3.69. The van der Waals surface area contributed by atoms with Crippen LogP contribution in [-0.4, -0.2) is 18.6 Å². The summed E-state index contributed by atoms with van der Waals surface area (Å²) in [5.41, 5.74) is 6.34. The van der Waals surface area contributed by atoms with Crippen molar-refractivity contribution in [2.45, 2.75) is 25.8 Å². The molecular formula is C12H19N3O. The van der Waals surface area contributed by atoms with Gasteiger partial charge in [-0.05, 0) is 18.6 Å². The lowest BCUT2D eigenvalue weighted by molar-refractivity contribution is 0.248. The van der Waals surface area contributed by atoms with Crippen molar-refractivity contribution >= 4 is 11.7 Å². The molecule has 16 heavy (non-hydrogen) atoms. The molecule has 2 amide bonds. The second-order valence-corrected chi connectivity index (χ2v) is 3.69. The number of urea groups is 1. The second kappa shape index (κ2) is 6.85. The number of rotatable bonds is 5. The highest BCUT2D eigenvalue weighted by atomic mass is 16.2. The van der Waals surface area contributed by atoms with Crippen LogP contribution in [0, 0.1) is 0 Å². The Bertz CT molecular complexity index is 313. The van der Waals surface area contributed by atoms with Crippen LogP contribution in [0.2, 0.25) is 0 Å². The summed E-state index contributed by atoms with van der Waals surface area (Å²) in [4.78, 5) is 11.6. The molecule has 0 fully saturated rings. The highest BCUT2D eigenvalue weighted by Gasteiger charge is 2.08. The lowest BCUT2D eigenvalue weighted by Crippen LogP contribution is -2.42. The van der Waals surface area contributed by atoms with Crippen LogP contribution in [-0.2, 0) is 0 Å². The first-order valence-electron chi connectivity index (χ1n) is 5.59. The number of hydrogen-bond acceptors (Lipinski definition) is 2. The van der Waals surface area contributed by atoms with Crippen molar-refractivity contribution < 1.29 is 4.79 Å². The number of nitrogens with one attached hydrogen (secondary N) is 2. The van der Waals surface area contributed by atoms with Crippen LogP contribution >= 0.6 is 0 Å². The molecule has 4 heteroatoms. The Morgan fingerprint density at radius 1 is 1.38 bits per heavy atom. The Morgan fingerprint density at radius 3 is 2.62 bits per heavy atom. The number of hydrogen-bond donors (Lipinski definition) is 3. The first kappa shape index (κ1) is 12.5. The van der Waals surface area contributed by atoms with E-state index in [0.29, 0.717) is 6.54 Å². The van der Waals surface area contributed by atoms with Gasteiger partial charge in [-0.25, -0.2) is 4.79 Å². The molecule has 0 aromatic heterocycles. The minimum Gasteiger partial charge on any atom is -0.334 e. The summed E-state index contributed by atoms with van der Waals surface area (Å²) in [5, 5.41) is 5.60. The monoisotopic (exact) mass is 221 g/mol. The van der Waals surface area contributed by atoms with Crippen molar-refractivity contribution in [3.63, 3.8) is 0 Å². The summed E-state index contributed by atoms with van der Waals surface area (Å²) >= 11 is 0. The van der Waals surface area contributed by atoms with Crippen molar-refractivity contribution in [3.8, 4) is 0 Å². The third kappa shape index (κ3) is 4.31. The molecule has 0 heterocycles. The van der Waals surface area contributed by atoms with Crippen molar-refractivity contribution in [2.75, 3.05) is 11.9 Å².